The van der Waals surface area contributed by atoms with Gasteiger partial charge in [0.1, 0.15) is 11.4 Å². The number of nitrogens with one attached hydrogen (secondary N) is 2. The van der Waals surface area contributed by atoms with Crippen molar-refractivity contribution in [2.45, 2.75) is 37.8 Å². The smallest absolute Gasteiger partial charge is 0.267 e. The highest BCUT2D eigenvalue weighted by Crippen LogP contribution is 2.41. The van der Waals surface area contributed by atoms with E-state index in [1.807, 2.05) is 6.07 Å². The summed E-state index contributed by atoms with van der Waals surface area (Å²) in [5.74, 6) is 0.0252. The summed E-state index contributed by atoms with van der Waals surface area (Å²) in [5.41, 5.74) is 4.64. The SMILES string of the molecule is CC(c1c[nH]c2ccccc12)N1CCCC2(CC(=O)c3cc(C=CC(=O)NO)ccc3O2)C1. The number of piperidine rings is 1. The molecule has 0 saturated carbocycles. The molecule has 0 aliphatic carbocycles. The highest BCUT2D eigenvalue weighted by Gasteiger charge is 2.44. The number of hydrogen-bond acceptors (Lipinski definition) is 5. The number of amides is 1. The molecule has 1 aromatic heterocycles. The van der Waals surface area contributed by atoms with E-state index in [-0.39, 0.29) is 11.8 Å². The van der Waals surface area contributed by atoms with Crippen LogP contribution < -0.4 is 10.2 Å². The Bertz CT molecular complexity index is 1250. The van der Waals surface area contributed by atoms with E-state index in [1.54, 1.807) is 29.8 Å². The zero-order valence-corrected chi connectivity index (χ0v) is 18.5. The summed E-state index contributed by atoms with van der Waals surface area (Å²) in [6.07, 6.45) is 6.99. The molecule has 2 atom stereocenters. The number of aromatic nitrogens is 1. The number of carbonyl (C=O) groups excluding carboxylic acids is 2. The van der Waals surface area contributed by atoms with Gasteiger partial charge < -0.3 is 9.72 Å². The van der Waals surface area contributed by atoms with Crippen LogP contribution in [-0.2, 0) is 4.79 Å². The Morgan fingerprint density at radius 3 is 3.00 bits per heavy atom. The topological polar surface area (TPSA) is 94.7 Å². The number of para-hydroxylation sites is 1. The summed E-state index contributed by atoms with van der Waals surface area (Å²) in [7, 11) is 0. The number of benzene rings is 2. The van der Waals surface area contributed by atoms with E-state index in [1.165, 1.54) is 17.0 Å². The van der Waals surface area contributed by atoms with Crippen molar-refractivity contribution in [3.8, 4) is 5.75 Å². The lowest BCUT2D eigenvalue weighted by atomic mass is 9.82. The number of hydroxylamine groups is 1. The first-order valence-electron chi connectivity index (χ1n) is 11.3. The second kappa shape index (κ2) is 8.50. The summed E-state index contributed by atoms with van der Waals surface area (Å²) in [6, 6.07) is 13.9. The number of nitrogens with zero attached hydrogens (tertiary/aromatic N) is 1. The number of Topliss-reactive ketones (excluding diaryl/α,β-unsaturated/α-hetero) is 1. The van der Waals surface area contributed by atoms with Crippen LogP contribution in [-0.4, -0.2) is 45.5 Å². The van der Waals surface area contributed by atoms with Gasteiger partial charge in [0.05, 0.1) is 12.0 Å². The molecule has 1 saturated heterocycles. The average molecular weight is 446 g/mol. The molecule has 2 unspecified atom stereocenters. The third kappa shape index (κ3) is 4.05. The van der Waals surface area contributed by atoms with Crippen LogP contribution in [0.25, 0.3) is 17.0 Å². The monoisotopic (exact) mass is 445 g/mol. The summed E-state index contributed by atoms with van der Waals surface area (Å²) in [4.78, 5) is 30.2. The van der Waals surface area contributed by atoms with Crippen LogP contribution in [0.1, 0.15) is 53.7 Å². The normalized spacial score (nSPS) is 21.8. The number of aromatic amines is 1. The van der Waals surface area contributed by atoms with Gasteiger partial charge in [0, 0.05) is 35.8 Å². The van der Waals surface area contributed by atoms with Crippen molar-refractivity contribution in [1.29, 1.82) is 0 Å². The fraction of sp³-hybridized carbons (Fsp3) is 0.308. The first-order chi connectivity index (χ1) is 16.0. The summed E-state index contributed by atoms with van der Waals surface area (Å²) in [5, 5.41) is 9.86. The molecule has 2 aliphatic rings. The largest absolute Gasteiger partial charge is 0.485 e. The standard InChI is InChI=1S/C26H27N3O4/c1-17(21-15-27-22-6-3-2-5-19(21)22)29-12-4-11-26(16-29)14-23(30)20-13-18(7-9-24(20)33-26)8-10-25(31)28-32/h2-3,5-10,13,15,17,27,32H,4,11-12,14,16H2,1H3,(H,28,31). The van der Waals surface area contributed by atoms with Crippen LogP contribution in [0.3, 0.4) is 0 Å². The Morgan fingerprint density at radius 1 is 1.30 bits per heavy atom. The number of ether oxygens (including phenoxy) is 1. The van der Waals surface area contributed by atoms with Crippen LogP contribution in [0.4, 0.5) is 0 Å². The highest BCUT2D eigenvalue weighted by atomic mass is 16.5. The van der Waals surface area contributed by atoms with Gasteiger partial charge in [0.15, 0.2) is 5.78 Å². The van der Waals surface area contributed by atoms with Gasteiger partial charge in [-0.1, -0.05) is 24.3 Å². The Morgan fingerprint density at radius 2 is 2.15 bits per heavy atom. The maximum atomic E-state index is 13.1. The van der Waals surface area contributed by atoms with Gasteiger partial charge in [-0.05, 0) is 61.7 Å². The first-order valence-corrected chi connectivity index (χ1v) is 11.3. The molecule has 0 bridgehead atoms. The number of fused-ring (bicyclic) bond motifs is 2. The molecule has 7 nitrogen and oxygen atoms in total. The third-order valence-electron chi connectivity index (χ3n) is 6.84. The van der Waals surface area contributed by atoms with Crippen LogP contribution in [0.5, 0.6) is 5.75 Å². The zero-order valence-electron chi connectivity index (χ0n) is 18.5. The lowest BCUT2D eigenvalue weighted by Crippen LogP contribution is -2.55. The number of carbonyl (C=O) groups is 2. The van der Waals surface area contributed by atoms with Crippen LogP contribution in [0.2, 0.25) is 0 Å². The van der Waals surface area contributed by atoms with Gasteiger partial charge in [0.2, 0.25) is 0 Å². The Kier molecular flexibility index (Phi) is 5.52. The predicted octanol–water partition coefficient (Wildman–Crippen LogP) is 4.25. The van der Waals surface area contributed by atoms with Gasteiger partial charge in [0.25, 0.3) is 5.91 Å². The van der Waals surface area contributed by atoms with Crippen LogP contribution >= 0.6 is 0 Å². The minimum Gasteiger partial charge on any atom is -0.485 e. The maximum absolute atomic E-state index is 13.1. The molecule has 170 valence electrons. The van der Waals surface area contributed by atoms with Gasteiger partial charge in [-0.15, -0.1) is 0 Å². The van der Waals surface area contributed by atoms with Crippen molar-refractivity contribution >= 4 is 28.7 Å². The first kappa shape index (κ1) is 21.4. The molecule has 1 amide bonds. The van der Waals surface area contributed by atoms with Crippen molar-refractivity contribution < 1.29 is 19.5 Å². The highest BCUT2D eigenvalue weighted by molar-refractivity contribution is 6.01. The molecule has 1 spiro atoms. The Balaban J connectivity index is 1.37. The third-order valence-corrected chi connectivity index (χ3v) is 6.84. The lowest BCUT2D eigenvalue weighted by Gasteiger charge is -2.46. The predicted molar refractivity (Wildman–Crippen MR) is 125 cm³/mol. The molecule has 2 aromatic carbocycles. The Hall–Kier alpha value is -3.42. The number of H-pyrrole nitrogens is 1. The number of rotatable bonds is 4. The Labute approximate surface area is 192 Å². The second-order valence-corrected chi connectivity index (χ2v) is 8.99. The molecule has 2 aliphatic heterocycles. The van der Waals surface area contributed by atoms with Crippen molar-refractivity contribution in [1.82, 2.24) is 15.4 Å². The van der Waals surface area contributed by atoms with Gasteiger partial charge in [-0.25, -0.2) is 5.48 Å². The fourth-order valence-corrected chi connectivity index (χ4v) is 5.15. The summed E-state index contributed by atoms with van der Waals surface area (Å²) < 4.78 is 6.50. The van der Waals surface area contributed by atoms with Crippen LogP contribution in [0, 0.1) is 0 Å². The van der Waals surface area contributed by atoms with E-state index in [2.05, 4.69) is 41.2 Å². The molecule has 5 rings (SSSR count). The molecule has 33 heavy (non-hydrogen) atoms. The second-order valence-electron chi connectivity index (χ2n) is 8.99. The number of ketones is 1. The molecule has 3 heterocycles. The minimum atomic E-state index is -0.624. The van der Waals surface area contributed by atoms with E-state index < -0.39 is 11.5 Å². The van der Waals surface area contributed by atoms with Crippen molar-refractivity contribution in [2.24, 2.45) is 0 Å². The molecule has 3 aromatic rings. The number of likely N-dealkylation sites (tertiary alicyclic amines) is 1. The molecule has 7 heteroatoms. The molecule has 0 radical (unpaired) electrons. The number of hydrogen-bond donors (Lipinski definition) is 3. The van der Waals surface area contributed by atoms with E-state index in [4.69, 9.17) is 9.94 Å². The van der Waals surface area contributed by atoms with E-state index in [0.717, 1.165) is 24.9 Å². The van der Waals surface area contributed by atoms with Crippen molar-refractivity contribution in [3.63, 3.8) is 0 Å². The van der Waals surface area contributed by atoms with Crippen LogP contribution in [0.15, 0.2) is 54.7 Å². The molecule has 3 N–H and O–H groups in total. The van der Waals surface area contributed by atoms with Gasteiger partial charge >= 0.3 is 0 Å². The maximum Gasteiger partial charge on any atom is 0.267 e. The lowest BCUT2D eigenvalue weighted by molar-refractivity contribution is -0.124. The summed E-state index contributed by atoms with van der Waals surface area (Å²) >= 11 is 0. The van der Waals surface area contributed by atoms with Crippen molar-refractivity contribution in [3.05, 3.63) is 71.4 Å². The van der Waals surface area contributed by atoms with Gasteiger partial charge in [-0.3, -0.25) is 19.7 Å². The molecular formula is C26H27N3O4. The van der Waals surface area contributed by atoms with E-state index in [9.17, 15) is 9.59 Å². The summed E-state index contributed by atoms with van der Waals surface area (Å²) in [6.45, 7) is 3.87. The van der Waals surface area contributed by atoms with Gasteiger partial charge in [-0.2, -0.15) is 0 Å². The quantitative estimate of drug-likeness (QED) is 0.317. The van der Waals surface area contributed by atoms with E-state index >= 15 is 0 Å². The zero-order chi connectivity index (χ0) is 23.0. The minimum absolute atomic E-state index is 0.0553. The fourth-order valence-electron chi connectivity index (χ4n) is 5.15. The average Bonchev–Trinajstić information content (AvgIpc) is 3.26. The molecule has 1 fully saturated rings. The van der Waals surface area contributed by atoms with Crippen molar-refractivity contribution in [2.75, 3.05) is 13.1 Å². The van der Waals surface area contributed by atoms with E-state index in [0.29, 0.717) is 29.8 Å². The molecular weight excluding hydrogens is 418 g/mol.